The molecule has 1 aliphatic rings. The highest BCUT2D eigenvalue weighted by Crippen LogP contribution is 2.30. The molecule has 0 bridgehead atoms. The topological polar surface area (TPSA) is 68.3 Å². The van der Waals surface area contributed by atoms with Crippen molar-refractivity contribution in [3.63, 3.8) is 0 Å². The molecule has 0 unspecified atom stereocenters. The van der Waals surface area contributed by atoms with Crippen molar-refractivity contribution in [3.8, 4) is 0 Å². The molecule has 2 rings (SSSR count). The molecule has 0 radical (unpaired) electrons. The fraction of sp³-hybridized carbons (Fsp3) is 0.733. The maximum Gasteiger partial charge on any atom is 0.245 e. The second kappa shape index (κ2) is 6.50. The van der Waals surface area contributed by atoms with E-state index in [0.29, 0.717) is 11.4 Å². The summed E-state index contributed by atoms with van der Waals surface area (Å²) in [7, 11) is -3.43. The van der Waals surface area contributed by atoms with E-state index in [4.69, 9.17) is 5.73 Å². The lowest BCUT2D eigenvalue weighted by Gasteiger charge is -2.37. The van der Waals surface area contributed by atoms with Crippen molar-refractivity contribution in [2.75, 3.05) is 0 Å². The molecule has 5 nitrogen and oxygen atoms in total. The van der Waals surface area contributed by atoms with Crippen molar-refractivity contribution < 1.29 is 8.42 Å². The van der Waals surface area contributed by atoms with Gasteiger partial charge >= 0.3 is 0 Å². The molecule has 1 saturated heterocycles. The number of piperidine rings is 1. The van der Waals surface area contributed by atoms with Crippen LogP contribution in [0.1, 0.15) is 52.1 Å². The Bertz CT molecular complexity index is 570. The summed E-state index contributed by atoms with van der Waals surface area (Å²) in [6.45, 7) is 7.23. The predicted octanol–water partition coefficient (Wildman–Crippen LogP) is 2.31. The quantitative estimate of drug-likeness (QED) is 0.907. The van der Waals surface area contributed by atoms with Crippen LogP contribution in [-0.2, 0) is 23.1 Å². The zero-order valence-corrected chi connectivity index (χ0v) is 14.1. The SMILES string of the molecule is CCCn1cc(S(=O)(=O)N2[C@H](C)CCC[C@@H]2C)cc1CN. The number of nitrogens with zero attached hydrogens (tertiary/aromatic N) is 2. The maximum atomic E-state index is 13.0. The van der Waals surface area contributed by atoms with Crippen LogP contribution in [0.5, 0.6) is 0 Å². The van der Waals surface area contributed by atoms with E-state index in [2.05, 4.69) is 6.92 Å². The van der Waals surface area contributed by atoms with Gasteiger partial charge < -0.3 is 10.3 Å². The summed E-state index contributed by atoms with van der Waals surface area (Å²) in [6, 6.07) is 1.86. The van der Waals surface area contributed by atoms with E-state index in [1.807, 2.05) is 18.4 Å². The first kappa shape index (κ1) is 16.5. The van der Waals surface area contributed by atoms with Gasteiger partial charge in [-0.25, -0.2) is 8.42 Å². The molecule has 1 fully saturated rings. The molecule has 0 aliphatic carbocycles. The number of aromatic nitrogens is 1. The zero-order valence-electron chi connectivity index (χ0n) is 13.2. The Kier molecular flexibility index (Phi) is 5.11. The Labute approximate surface area is 128 Å². The molecule has 1 aromatic heterocycles. The van der Waals surface area contributed by atoms with E-state index in [-0.39, 0.29) is 12.1 Å². The first-order valence-electron chi connectivity index (χ1n) is 7.84. The monoisotopic (exact) mass is 313 g/mol. The first-order chi connectivity index (χ1) is 9.91. The highest BCUT2D eigenvalue weighted by molar-refractivity contribution is 7.89. The van der Waals surface area contributed by atoms with Gasteiger partial charge in [0.1, 0.15) is 4.90 Å². The van der Waals surface area contributed by atoms with Crippen molar-refractivity contribution >= 4 is 10.0 Å². The Hall–Kier alpha value is -0.850. The van der Waals surface area contributed by atoms with Gasteiger partial charge in [-0.2, -0.15) is 4.31 Å². The van der Waals surface area contributed by atoms with Crippen molar-refractivity contribution in [3.05, 3.63) is 18.0 Å². The molecule has 2 atom stereocenters. The second-order valence-electron chi connectivity index (χ2n) is 6.03. The molecule has 0 aromatic carbocycles. The normalized spacial score (nSPS) is 24.4. The van der Waals surface area contributed by atoms with E-state index in [1.165, 1.54) is 0 Å². The van der Waals surface area contributed by atoms with Gasteiger partial charge in [0, 0.05) is 37.1 Å². The van der Waals surface area contributed by atoms with Crippen molar-refractivity contribution in [1.82, 2.24) is 8.87 Å². The summed E-state index contributed by atoms with van der Waals surface area (Å²) in [6.07, 6.45) is 5.66. The van der Waals surface area contributed by atoms with Gasteiger partial charge in [0.2, 0.25) is 10.0 Å². The molecular formula is C15H27N3O2S. The first-order valence-corrected chi connectivity index (χ1v) is 9.28. The van der Waals surface area contributed by atoms with Gasteiger partial charge in [-0.15, -0.1) is 0 Å². The van der Waals surface area contributed by atoms with Crippen LogP contribution >= 0.6 is 0 Å². The van der Waals surface area contributed by atoms with E-state index < -0.39 is 10.0 Å². The lowest BCUT2D eigenvalue weighted by atomic mass is 10.0. The van der Waals surface area contributed by atoms with E-state index >= 15 is 0 Å². The molecule has 2 N–H and O–H groups in total. The fourth-order valence-corrected chi connectivity index (χ4v) is 5.23. The summed E-state index contributed by atoms with van der Waals surface area (Å²) in [5, 5.41) is 0. The largest absolute Gasteiger partial charge is 0.349 e. The van der Waals surface area contributed by atoms with Crippen LogP contribution in [0.15, 0.2) is 17.2 Å². The predicted molar refractivity (Wildman–Crippen MR) is 84.4 cm³/mol. The smallest absolute Gasteiger partial charge is 0.245 e. The molecule has 120 valence electrons. The summed E-state index contributed by atoms with van der Waals surface area (Å²) in [5.74, 6) is 0. The molecule has 0 saturated carbocycles. The number of rotatable bonds is 5. The average molecular weight is 313 g/mol. The third-order valence-corrected chi connectivity index (χ3v) is 6.42. The van der Waals surface area contributed by atoms with Gasteiger partial charge in [-0.1, -0.05) is 13.3 Å². The molecule has 2 heterocycles. The minimum atomic E-state index is -3.43. The molecular weight excluding hydrogens is 286 g/mol. The number of hydrogen-bond donors (Lipinski definition) is 1. The van der Waals surface area contributed by atoms with Gasteiger partial charge in [-0.3, -0.25) is 0 Å². The summed E-state index contributed by atoms with van der Waals surface area (Å²) in [5.41, 5.74) is 6.62. The van der Waals surface area contributed by atoms with Crippen molar-refractivity contribution in [1.29, 1.82) is 0 Å². The van der Waals surface area contributed by atoms with Crippen LogP contribution in [0.4, 0.5) is 0 Å². The highest BCUT2D eigenvalue weighted by atomic mass is 32.2. The van der Waals surface area contributed by atoms with Gasteiger partial charge in [0.05, 0.1) is 0 Å². The van der Waals surface area contributed by atoms with Crippen LogP contribution in [0.3, 0.4) is 0 Å². The fourth-order valence-electron chi connectivity index (χ4n) is 3.28. The van der Waals surface area contributed by atoms with E-state index in [9.17, 15) is 8.42 Å². The zero-order chi connectivity index (χ0) is 15.6. The van der Waals surface area contributed by atoms with Crippen LogP contribution in [0, 0.1) is 0 Å². The molecule has 0 amide bonds. The summed E-state index contributed by atoms with van der Waals surface area (Å²) in [4.78, 5) is 0.386. The van der Waals surface area contributed by atoms with Crippen molar-refractivity contribution in [2.45, 2.75) is 76.5 Å². The molecule has 1 aliphatic heterocycles. The maximum absolute atomic E-state index is 13.0. The minimum absolute atomic E-state index is 0.0644. The highest BCUT2D eigenvalue weighted by Gasteiger charge is 2.36. The third kappa shape index (κ3) is 3.17. The number of aryl methyl sites for hydroxylation is 1. The average Bonchev–Trinajstić information content (AvgIpc) is 2.82. The second-order valence-corrected chi connectivity index (χ2v) is 7.87. The Morgan fingerprint density at radius 1 is 1.29 bits per heavy atom. The summed E-state index contributed by atoms with van der Waals surface area (Å²) < 4.78 is 29.6. The van der Waals surface area contributed by atoms with E-state index in [0.717, 1.165) is 37.9 Å². The van der Waals surface area contributed by atoms with Gasteiger partial charge in [0.15, 0.2) is 0 Å². The Morgan fingerprint density at radius 2 is 1.90 bits per heavy atom. The Morgan fingerprint density at radius 3 is 2.43 bits per heavy atom. The number of hydrogen-bond acceptors (Lipinski definition) is 3. The lowest BCUT2D eigenvalue weighted by molar-refractivity contribution is 0.204. The van der Waals surface area contributed by atoms with Crippen LogP contribution in [0.2, 0.25) is 0 Å². The van der Waals surface area contributed by atoms with Crippen LogP contribution in [-0.4, -0.2) is 29.4 Å². The molecule has 21 heavy (non-hydrogen) atoms. The summed E-state index contributed by atoms with van der Waals surface area (Å²) >= 11 is 0. The van der Waals surface area contributed by atoms with E-state index in [1.54, 1.807) is 16.6 Å². The van der Waals surface area contributed by atoms with Crippen molar-refractivity contribution in [2.24, 2.45) is 5.73 Å². The Balaban J connectivity index is 2.38. The standard InChI is InChI=1S/C15H27N3O2S/c1-4-8-17-11-15(9-14(17)10-16)21(19,20)18-12(2)6-5-7-13(18)3/h9,11-13H,4-8,10,16H2,1-3H3/t12-,13+. The van der Waals surface area contributed by atoms with Crippen LogP contribution < -0.4 is 5.73 Å². The molecule has 0 spiro atoms. The molecule has 6 heteroatoms. The molecule has 1 aromatic rings. The number of nitrogens with two attached hydrogens (primary N) is 1. The van der Waals surface area contributed by atoms with Crippen LogP contribution in [0.25, 0.3) is 0 Å². The number of sulfonamides is 1. The third-order valence-electron chi connectivity index (χ3n) is 4.32. The van der Waals surface area contributed by atoms with Gasteiger partial charge in [-0.05, 0) is 39.2 Å². The lowest BCUT2D eigenvalue weighted by Crippen LogP contribution is -2.47. The minimum Gasteiger partial charge on any atom is -0.349 e. The van der Waals surface area contributed by atoms with Gasteiger partial charge in [0.25, 0.3) is 0 Å².